The van der Waals surface area contributed by atoms with Crippen LogP contribution in [0.25, 0.3) is 5.65 Å². The van der Waals surface area contributed by atoms with E-state index in [1.807, 2.05) is 6.20 Å². The first-order chi connectivity index (χ1) is 9.16. The number of nitrogens with zero attached hydrogens (tertiary/aromatic N) is 2. The monoisotopic (exact) mass is 257 g/mol. The highest BCUT2D eigenvalue weighted by atomic mass is 16.7. The van der Waals surface area contributed by atoms with E-state index in [9.17, 15) is 0 Å². The third-order valence-corrected chi connectivity index (χ3v) is 4.23. The van der Waals surface area contributed by atoms with Crippen molar-refractivity contribution in [3.05, 3.63) is 29.2 Å². The topological polar surface area (TPSA) is 38.6 Å². The van der Waals surface area contributed by atoms with Crippen LogP contribution >= 0.6 is 0 Å². The molecule has 2 aromatic heterocycles. The van der Waals surface area contributed by atoms with Crippen LogP contribution in [0, 0.1) is 12.8 Å². The lowest BCUT2D eigenvalue weighted by molar-refractivity contribution is 0.0822. The Morgan fingerprint density at radius 1 is 1.42 bits per heavy atom. The van der Waals surface area contributed by atoms with Crippen LogP contribution in [0.4, 0.5) is 5.69 Å². The van der Waals surface area contributed by atoms with Crippen LogP contribution in [-0.4, -0.2) is 9.38 Å². The zero-order valence-corrected chi connectivity index (χ0v) is 11.6. The lowest BCUT2D eigenvalue weighted by atomic mass is 9.98. The summed E-state index contributed by atoms with van der Waals surface area (Å²) in [7, 11) is 0. The van der Waals surface area contributed by atoms with E-state index < -0.39 is 0 Å². The quantitative estimate of drug-likeness (QED) is 0.893. The maximum atomic E-state index is 5.76. The van der Waals surface area contributed by atoms with Crippen molar-refractivity contribution in [2.45, 2.75) is 45.6 Å². The van der Waals surface area contributed by atoms with Crippen molar-refractivity contribution in [3.63, 3.8) is 0 Å². The van der Waals surface area contributed by atoms with Gasteiger partial charge in [-0.25, -0.2) is 4.98 Å². The highest BCUT2D eigenvalue weighted by Crippen LogP contribution is 2.45. The van der Waals surface area contributed by atoms with E-state index in [0.29, 0.717) is 11.8 Å². The molecule has 0 saturated heterocycles. The number of aryl methyl sites for hydroxylation is 1. The van der Waals surface area contributed by atoms with Gasteiger partial charge in [0.25, 0.3) is 0 Å². The Kier molecular flexibility index (Phi) is 2.22. The molecule has 0 spiro atoms. The summed E-state index contributed by atoms with van der Waals surface area (Å²) in [6.07, 6.45) is 6.92. The molecule has 4 heteroatoms. The largest absolute Gasteiger partial charge is 0.303 e. The molecule has 2 aromatic rings. The van der Waals surface area contributed by atoms with E-state index in [1.54, 1.807) is 0 Å². The molecule has 0 bridgehead atoms. The van der Waals surface area contributed by atoms with Gasteiger partial charge in [0.1, 0.15) is 11.8 Å². The summed E-state index contributed by atoms with van der Waals surface area (Å²) in [6, 6.07) is 0. The average molecular weight is 257 g/mol. The number of pyridine rings is 1. The predicted octanol–water partition coefficient (Wildman–Crippen LogP) is 3.57. The van der Waals surface area contributed by atoms with E-state index >= 15 is 0 Å². The molecule has 0 aromatic carbocycles. The Morgan fingerprint density at radius 3 is 2.89 bits per heavy atom. The standard InChI is InChI=1S/C15H19N3O/c1-8(2)14-12-13(17-19-14)9(3)7-18-11(10-4-5-10)6-16-15(12)18/h6-8,10,14,17H,4-5H2,1-3H3. The van der Waals surface area contributed by atoms with Crippen LogP contribution in [0.15, 0.2) is 12.4 Å². The SMILES string of the molecule is Cc1cn2c(C3CC3)cnc2c2c1NOC2C(C)C. The molecule has 4 nitrogen and oxygen atoms in total. The van der Waals surface area contributed by atoms with Crippen molar-refractivity contribution >= 4 is 11.3 Å². The van der Waals surface area contributed by atoms with Crippen molar-refractivity contribution in [2.24, 2.45) is 5.92 Å². The molecule has 1 atom stereocenters. The molecule has 1 aliphatic carbocycles. The van der Waals surface area contributed by atoms with E-state index in [0.717, 1.165) is 11.3 Å². The van der Waals surface area contributed by atoms with Gasteiger partial charge in [-0.3, -0.25) is 10.3 Å². The molecule has 1 unspecified atom stereocenters. The van der Waals surface area contributed by atoms with Gasteiger partial charge < -0.3 is 4.40 Å². The van der Waals surface area contributed by atoms with Crippen LogP contribution in [-0.2, 0) is 4.84 Å². The minimum absolute atomic E-state index is 0.0897. The molecular weight excluding hydrogens is 238 g/mol. The first-order valence-corrected chi connectivity index (χ1v) is 7.09. The fraction of sp³-hybridized carbons (Fsp3) is 0.533. The molecular formula is C15H19N3O. The Labute approximate surface area is 112 Å². The number of nitrogens with one attached hydrogen (secondary N) is 1. The molecule has 0 radical (unpaired) electrons. The lowest BCUT2D eigenvalue weighted by Crippen LogP contribution is -2.07. The molecule has 4 rings (SSSR count). The lowest BCUT2D eigenvalue weighted by Gasteiger charge is -2.14. The predicted molar refractivity (Wildman–Crippen MR) is 74.2 cm³/mol. The molecule has 1 aliphatic heterocycles. The highest BCUT2D eigenvalue weighted by Gasteiger charge is 2.33. The van der Waals surface area contributed by atoms with Crippen molar-refractivity contribution in [1.82, 2.24) is 9.38 Å². The van der Waals surface area contributed by atoms with E-state index in [2.05, 4.69) is 41.8 Å². The number of aromatic nitrogens is 2. The van der Waals surface area contributed by atoms with Crippen molar-refractivity contribution < 1.29 is 4.84 Å². The van der Waals surface area contributed by atoms with Gasteiger partial charge in [-0.15, -0.1) is 0 Å². The second-order valence-electron chi connectivity index (χ2n) is 6.14. The number of imidazole rings is 1. The maximum Gasteiger partial charge on any atom is 0.145 e. The van der Waals surface area contributed by atoms with Gasteiger partial charge in [-0.05, 0) is 31.2 Å². The molecule has 2 aliphatic rings. The van der Waals surface area contributed by atoms with E-state index in [4.69, 9.17) is 4.84 Å². The van der Waals surface area contributed by atoms with E-state index in [-0.39, 0.29) is 6.10 Å². The zero-order chi connectivity index (χ0) is 13.1. The maximum absolute atomic E-state index is 5.76. The van der Waals surface area contributed by atoms with Crippen LogP contribution in [0.2, 0.25) is 0 Å². The summed E-state index contributed by atoms with van der Waals surface area (Å²) in [5, 5.41) is 0. The Hall–Kier alpha value is -1.55. The number of fused-ring (bicyclic) bond motifs is 3. The second kappa shape index (κ2) is 3.73. The molecule has 1 fully saturated rings. The first-order valence-electron chi connectivity index (χ1n) is 7.09. The van der Waals surface area contributed by atoms with Crippen LogP contribution < -0.4 is 5.48 Å². The van der Waals surface area contributed by atoms with Gasteiger partial charge in [-0.1, -0.05) is 13.8 Å². The molecule has 3 heterocycles. The third-order valence-electron chi connectivity index (χ3n) is 4.23. The van der Waals surface area contributed by atoms with Crippen molar-refractivity contribution in [1.29, 1.82) is 0 Å². The summed E-state index contributed by atoms with van der Waals surface area (Å²) in [5.41, 5.74) is 9.07. The number of anilines is 1. The van der Waals surface area contributed by atoms with Crippen LogP contribution in [0.5, 0.6) is 0 Å². The summed E-state index contributed by atoms with van der Waals surface area (Å²) < 4.78 is 2.28. The van der Waals surface area contributed by atoms with Gasteiger partial charge in [0.15, 0.2) is 0 Å². The number of hydrogen-bond acceptors (Lipinski definition) is 3. The smallest absolute Gasteiger partial charge is 0.145 e. The Balaban J connectivity index is 1.99. The van der Waals surface area contributed by atoms with Gasteiger partial charge in [0, 0.05) is 24.0 Å². The molecule has 1 N–H and O–H groups in total. The third kappa shape index (κ3) is 1.53. The normalized spacial score (nSPS) is 22.0. The van der Waals surface area contributed by atoms with Gasteiger partial charge in [0.2, 0.25) is 0 Å². The van der Waals surface area contributed by atoms with Gasteiger partial charge in [0.05, 0.1) is 11.3 Å². The molecule has 1 saturated carbocycles. The fourth-order valence-corrected chi connectivity index (χ4v) is 3.03. The summed E-state index contributed by atoms with van der Waals surface area (Å²) in [4.78, 5) is 10.4. The van der Waals surface area contributed by atoms with Gasteiger partial charge >= 0.3 is 0 Å². The summed E-state index contributed by atoms with van der Waals surface area (Å²) in [5.74, 6) is 1.14. The Bertz CT molecular complexity index is 655. The summed E-state index contributed by atoms with van der Waals surface area (Å²) >= 11 is 0. The van der Waals surface area contributed by atoms with E-state index in [1.165, 1.54) is 29.7 Å². The average Bonchev–Trinajstić information content (AvgIpc) is 2.97. The second-order valence-corrected chi connectivity index (χ2v) is 6.14. The Morgan fingerprint density at radius 2 is 2.21 bits per heavy atom. The van der Waals surface area contributed by atoms with Crippen molar-refractivity contribution in [2.75, 3.05) is 5.48 Å². The number of hydrogen-bond donors (Lipinski definition) is 1. The molecule has 100 valence electrons. The van der Waals surface area contributed by atoms with Crippen LogP contribution in [0.1, 0.15) is 55.5 Å². The molecule has 19 heavy (non-hydrogen) atoms. The summed E-state index contributed by atoms with van der Waals surface area (Å²) in [6.45, 7) is 6.50. The highest BCUT2D eigenvalue weighted by molar-refractivity contribution is 5.70. The molecule has 0 amide bonds. The fourth-order valence-electron chi connectivity index (χ4n) is 3.03. The van der Waals surface area contributed by atoms with Gasteiger partial charge in [-0.2, -0.15) is 0 Å². The first kappa shape index (κ1) is 11.3. The zero-order valence-electron chi connectivity index (χ0n) is 11.6. The minimum Gasteiger partial charge on any atom is -0.303 e. The number of rotatable bonds is 2. The van der Waals surface area contributed by atoms with Crippen LogP contribution in [0.3, 0.4) is 0 Å². The van der Waals surface area contributed by atoms with Crippen molar-refractivity contribution in [3.8, 4) is 0 Å². The minimum atomic E-state index is 0.0897.